The molecule has 0 aliphatic carbocycles. The van der Waals surface area contributed by atoms with Crippen LogP contribution < -0.4 is 10.2 Å². The molecule has 3 aromatic rings. The third kappa shape index (κ3) is 4.97. The summed E-state index contributed by atoms with van der Waals surface area (Å²) in [6.45, 7) is 2.07. The number of carbonyl (C=O) groups is 2. The summed E-state index contributed by atoms with van der Waals surface area (Å²) in [5.74, 6) is 0.493. The fourth-order valence-electron chi connectivity index (χ4n) is 3.75. The van der Waals surface area contributed by atoms with Gasteiger partial charge in [-0.25, -0.2) is 4.39 Å². The van der Waals surface area contributed by atoms with E-state index >= 15 is 0 Å². The highest BCUT2D eigenvalue weighted by molar-refractivity contribution is 7.99. The lowest BCUT2D eigenvalue weighted by molar-refractivity contribution is -0.113. The van der Waals surface area contributed by atoms with Gasteiger partial charge in [0, 0.05) is 28.7 Å². The van der Waals surface area contributed by atoms with E-state index < -0.39 is 0 Å². The van der Waals surface area contributed by atoms with E-state index in [-0.39, 0.29) is 23.7 Å². The van der Waals surface area contributed by atoms with Crippen molar-refractivity contribution >= 4 is 35.0 Å². The lowest BCUT2D eigenvalue weighted by Gasteiger charge is -2.23. The summed E-state index contributed by atoms with van der Waals surface area (Å²) in [7, 11) is 0. The van der Waals surface area contributed by atoms with Gasteiger partial charge < -0.3 is 10.2 Å². The van der Waals surface area contributed by atoms with Gasteiger partial charge in [-0.05, 0) is 66.9 Å². The van der Waals surface area contributed by atoms with Crippen molar-refractivity contribution in [3.8, 4) is 0 Å². The quantitative estimate of drug-likeness (QED) is 0.574. The molecule has 1 aliphatic heterocycles. The number of nitrogens with zero attached hydrogens (tertiary/aromatic N) is 1. The predicted octanol–water partition coefficient (Wildman–Crippen LogP) is 5.29. The molecule has 0 saturated heterocycles. The molecule has 0 saturated carbocycles. The number of amides is 2. The zero-order chi connectivity index (χ0) is 21.8. The largest absolute Gasteiger partial charge is 0.325 e. The summed E-state index contributed by atoms with van der Waals surface area (Å²) in [6, 6.07) is 21.4. The molecule has 0 aromatic heterocycles. The van der Waals surface area contributed by atoms with Gasteiger partial charge in [-0.1, -0.05) is 30.3 Å². The van der Waals surface area contributed by atoms with Crippen LogP contribution in [-0.2, 0) is 17.0 Å². The summed E-state index contributed by atoms with van der Waals surface area (Å²) in [4.78, 5) is 27.0. The molecule has 0 bridgehead atoms. The SMILES string of the molecule is CC1Cc2ccccc2N1C(=O)c1ccc(CSCC(=O)Nc2ccc(F)cc2)cc1. The maximum absolute atomic E-state index is 13.1. The number of hydrogen-bond acceptors (Lipinski definition) is 3. The fraction of sp³-hybridized carbons (Fsp3) is 0.200. The minimum Gasteiger partial charge on any atom is -0.325 e. The molecule has 4 rings (SSSR count). The average Bonchev–Trinajstić information content (AvgIpc) is 3.11. The summed E-state index contributed by atoms with van der Waals surface area (Å²) < 4.78 is 12.9. The Morgan fingerprint density at radius 2 is 1.74 bits per heavy atom. The van der Waals surface area contributed by atoms with Crippen molar-refractivity contribution in [3.63, 3.8) is 0 Å². The van der Waals surface area contributed by atoms with Gasteiger partial charge >= 0.3 is 0 Å². The van der Waals surface area contributed by atoms with Crippen LogP contribution in [0.15, 0.2) is 72.8 Å². The number of hydrogen-bond donors (Lipinski definition) is 1. The summed E-state index contributed by atoms with van der Waals surface area (Å²) >= 11 is 1.49. The second kappa shape index (κ2) is 9.35. The van der Waals surface area contributed by atoms with E-state index in [1.807, 2.05) is 47.4 Å². The smallest absolute Gasteiger partial charge is 0.258 e. The maximum Gasteiger partial charge on any atom is 0.258 e. The first kappa shape index (κ1) is 21.1. The fourth-order valence-corrected chi connectivity index (χ4v) is 4.54. The minimum absolute atomic E-state index is 0.00956. The van der Waals surface area contributed by atoms with Crippen LogP contribution in [0.1, 0.15) is 28.4 Å². The number of benzene rings is 3. The van der Waals surface area contributed by atoms with Crippen LogP contribution >= 0.6 is 11.8 Å². The second-order valence-electron chi connectivity index (χ2n) is 7.60. The summed E-state index contributed by atoms with van der Waals surface area (Å²) in [5, 5.41) is 2.75. The molecule has 4 nitrogen and oxygen atoms in total. The highest BCUT2D eigenvalue weighted by atomic mass is 32.2. The molecule has 1 unspecified atom stereocenters. The van der Waals surface area contributed by atoms with Crippen molar-refractivity contribution in [1.82, 2.24) is 0 Å². The topological polar surface area (TPSA) is 49.4 Å². The number of nitrogens with one attached hydrogen (secondary N) is 1. The number of fused-ring (bicyclic) bond motifs is 1. The van der Waals surface area contributed by atoms with E-state index in [0.29, 0.717) is 22.8 Å². The molecular formula is C25H23FN2O2S. The molecule has 1 N–H and O–H groups in total. The molecular weight excluding hydrogens is 411 g/mol. The van der Waals surface area contributed by atoms with Crippen molar-refractivity contribution in [1.29, 1.82) is 0 Å². The Balaban J connectivity index is 1.31. The number of thioether (sulfide) groups is 1. The van der Waals surface area contributed by atoms with E-state index in [2.05, 4.69) is 18.3 Å². The maximum atomic E-state index is 13.1. The number of para-hydroxylation sites is 1. The van der Waals surface area contributed by atoms with Crippen molar-refractivity contribution in [3.05, 3.63) is 95.3 Å². The zero-order valence-corrected chi connectivity index (χ0v) is 18.0. The molecule has 0 radical (unpaired) electrons. The van der Waals surface area contributed by atoms with Crippen LogP contribution in [0.3, 0.4) is 0 Å². The summed E-state index contributed by atoms with van der Waals surface area (Å²) in [6.07, 6.45) is 0.872. The predicted molar refractivity (Wildman–Crippen MR) is 124 cm³/mol. The van der Waals surface area contributed by atoms with Crippen LogP contribution in [0, 0.1) is 5.82 Å². The van der Waals surface area contributed by atoms with Crippen LogP contribution in [0.4, 0.5) is 15.8 Å². The Morgan fingerprint density at radius 1 is 1.03 bits per heavy atom. The van der Waals surface area contributed by atoms with Crippen LogP contribution in [0.25, 0.3) is 0 Å². The van der Waals surface area contributed by atoms with Gasteiger partial charge in [0.05, 0.1) is 5.75 Å². The van der Waals surface area contributed by atoms with Crippen molar-refractivity contribution in [2.75, 3.05) is 16.0 Å². The monoisotopic (exact) mass is 434 g/mol. The molecule has 0 spiro atoms. The van der Waals surface area contributed by atoms with Crippen molar-refractivity contribution in [2.24, 2.45) is 0 Å². The molecule has 31 heavy (non-hydrogen) atoms. The average molecular weight is 435 g/mol. The molecule has 1 aliphatic rings. The van der Waals surface area contributed by atoms with Crippen LogP contribution in [0.5, 0.6) is 0 Å². The minimum atomic E-state index is -0.335. The molecule has 2 amide bonds. The molecule has 6 heteroatoms. The second-order valence-corrected chi connectivity index (χ2v) is 8.59. The Kier molecular flexibility index (Phi) is 6.37. The lowest BCUT2D eigenvalue weighted by atomic mass is 10.1. The van der Waals surface area contributed by atoms with Gasteiger partial charge in [-0.15, -0.1) is 11.8 Å². The highest BCUT2D eigenvalue weighted by Crippen LogP contribution is 2.33. The Bertz CT molecular complexity index is 1080. The molecule has 0 fully saturated rings. The number of halogens is 1. The van der Waals surface area contributed by atoms with E-state index in [0.717, 1.165) is 17.7 Å². The molecule has 1 atom stereocenters. The normalized spacial score (nSPS) is 14.9. The summed E-state index contributed by atoms with van der Waals surface area (Å²) in [5.41, 5.74) is 4.48. The van der Waals surface area contributed by atoms with Crippen LogP contribution in [0.2, 0.25) is 0 Å². The Hall–Kier alpha value is -3.12. The van der Waals surface area contributed by atoms with Gasteiger partial charge in [0.2, 0.25) is 5.91 Å². The van der Waals surface area contributed by atoms with E-state index in [1.54, 1.807) is 0 Å². The van der Waals surface area contributed by atoms with E-state index in [9.17, 15) is 14.0 Å². The highest BCUT2D eigenvalue weighted by Gasteiger charge is 2.31. The van der Waals surface area contributed by atoms with Gasteiger partial charge in [-0.2, -0.15) is 0 Å². The molecule has 3 aromatic carbocycles. The standard InChI is InChI=1S/C25H23FN2O2S/c1-17-14-20-4-2-3-5-23(20)28(17)25(30)19-8-6-18(7-9-19)15-31-16-24(29)27-22-12-10-21(26)11-13-22/h2-13,17H,14-16H2,1H3,(H,27,29). The number of carbonyl (C=O) groups excluding carboxylic acids is 2. The third-order valence-corrected chi connectivity index (χ3v) is 6.26. The van der Waals surface area contributed by atoms with Crippen molar-refractivity contribution in [2.45, 2.75) is 25.1 Å². The van der Waals surface area contributed by atoms with Crippen LogP contribution in [-0.4, -0.2) is 23.6 Å². The first-order chi connectivity index (χ1) is 15.0. The first-order valence-electron chi connectivity index (χ1n) is 10.1. The van der Waals surface area contributed by atoms with Gasteiger partial charge in [0.25, 0.3) is 5.91 Å². The van der Waals surface area contributed by atoms with Gasteiger partial charge in [0.1, 0.15) is 5.82 Å². The Labute approximate surface area is 185 Å². The molecule has 158 valence electrons. The zero-order valence-electron chi connectivity index (χ0n) is 17.2. The van der Waals surface area contributed by atoms with Gasteiger partial charge in [0.15, 0.2) is 0 Å². The van der Waals surface area contributed by atoms with E-state index in [1.165, 1.54) is 41.6 Å². The van der Waals surface area contributed by atoms with Crippen molar-refractivity contribution < 1.29 is 14.0 Å². The molecule has 1 heterocycles. The third-order valence-electron chi connectivity index (χ3n) is 5.26. The number of anilines is 2. The van der Waals surface area contributed by atoms with Gasteiger partial charge in [-0.3, -0.25) is 9.59 Å². The lowest BCUT2D eigenvalue weighted by Crippen LogP contribution is -2.35. The Morgan fingerprint density at radius 3 is 2.48 bits per heavy atom. The number of rotatable bonds is 6. The first-order valence-corrected chi connectivity index (χ1v) is 11.3. The van der Waals surface area contributed by atoms with E-state index in [4.69, 9.17) is 0 Å².